The summed E-state index contributed by atoms with van der Waals surface area (Å²) in [6.07, 6.45) is 1.57. The van der Waals surface area contributed by atoms with E-state index in [1.165, 1.54) is 0 Å². The molecule has 0 spiro atoms. The number of hydrogen-bond donors (Lipinski definition) is 1. The molecule has 0 radical (unpaired) electrons. The Morgan fingerprint density at radius 3 is 2.45 bits per heavy atom. The molecule has 1 aliphatic heterocycles. The fourth-order valence-corrected chi connectivity index (χ4v) is 4.47. The smallest absolute Gasteiger partial charge is 0.224 e. The number of nitrogens with one attached hydrogen (secondary N) is 1. The molecule has 1 heterocycles. The van der Waals surface area contributed by atoms with Crippen LogP contribution in [0.2, 0.25) is 0 Å². The summed E-state index contributed by atoms with van der Waals surface area (Å²) >= 11 is 0. The van der Waals surface area contributed by atoms with Crippen LogP contribution in [-0.4, -0.2) is 25.8 Å². The van der Waals surface area contributed by atoms with Crippen LogP contribution in [0.1, 0.15) is 19.3 Å². The van der Waals surface area contributed by atoms with E-state index in [1.807, 2.05) is 42.5 Å². The van der Waals surface area contributed by atoms with Crippen molar-refractivity contribution in [2.24, 2.45) is 5.92 Å². The van der Waals surface area contributed by atoms with Crippen molar-refractivity contribution >= 4 is 32.2 Å². The van der Waals surface area contributed by atoms with Gasteiger partial charge >= 0.3 is 0 Å². The van der Waals surface area contributed by atoms with E-state index in [9.17, 15) is 13.2 Å². The van der Waals surface area contributed by atoms with Gasteiger partial charge in [0.15, 0.2) is 0 Å². The van der Waals surface area contributed by atoms with Crippen LogP contribution >= 0.6 is 0 Å². The van der Waals surface area contributed by atoms with E-state index in [2.05, 4.69) is 5.32 Å². The van der Waals surface area contributed by atoms with Crippen molar-refractivity contribution < 1.29 is 13.2 Å². The third kappa shape index (κ3) is 3.65. The first kappa shape index (κ1) is 15.0. The van der Waals surface area contributed by atoms with Crippen molar-refractivity contribution in [3.63, 3.8) is 0 Å². The van der Waals surface area contributed by atoms with Crippen LogP contribution in [0.4, 0.5) is 5.69 Å². The number of fused-ring (bicyclic) bond motifs is 1. The van der Waals surface area contributed by atoms with Gasteiger partial charge in [0.1, 0.15) is 9.84 Å². The highest BCUT2D eigenvalue weighted by atomic mass is 32.2. The fraction of sp³-hybridized carbons (Fsp3) is 0.353. The van der Waals surface area contributed by atoms with Gasteiger partial charge in [0.25, 0.3) is 0 Å². The average molecular weight is 317 g/mol. The largest absolute Gasteiger partial charge is 0.326 e. The molecule has 22 heavy (non-hydrogen) atoms. The number of benzene rings is 2. The number of anilines is 1. The zero-order valence-electron chi connectivity index (χ0n) is 12.3. The summed E-state index contributed by atoms with van der Waals surface area (Å²) in [5, 5.41) is 5.14. The van der Waals surface area contributed by atoms with Crippen molar-refractivity contribution in [2.45, 2.75) is 19.3 Å². The van der Waals surface area contributed by atoms with E-state index >= 15 is 0 Å². The van der Waals surface area contributed by atoms with E-state index < -0.39 is 9.84 Å². The Hall–Kier alpha value is -1.88. The second kappa shape index (κ2) is 6.08. The van der Waals surface area contributed by atoms with Gasteiger partial charge in [0.05, 0.1) is 11.5 Å². The molecule has 5 heteroatoms. The van der Waals surface area contributed by atoms with Crippen LogP contribution in [0.25, 0.3) is 10.8 Å². The van der Waals surface area contributed by atoms with Gasteiger partial charge in [-0.1, -0.05) is 30.3 Å². The predicted octanol–water partition coefficient (Wildman–Crippen LogP) is 2.99. The van der Waals surface area contributed by atoms with E-state index in [4.69, 9.17) is 0 Å². The molecule has 1 aliphatic rings. The maximum Gasteiger partial charge on any atom is 0.224 e. The van der Waals surface area contributed by atoms with Gasteiger partial charge in [0.2, 0.25) is 5.91 Å². The van der Waals surface area contributed by atoms with Crippen molar-refractivity contribution in [1.29, 1.82) is 0 Å². The standard InChI is InChI=1S/C17H19NO3S/c19-17(11-13-7-9-22(20,21)10-8-13)18-16-6-5-14-3-1-2-4-15(14)12-16/h1-6,12-13H,7-11H2,(H,18,19). The van der Waals surface area contributed by atoms with Gasteiger partial charge in [-0.25, -0.2) is 8.42 Å². The number of rotatable bonds is 3. The zero-order chi connectivity index (χ0) is 15.6. The van der Waals surface area contributed by atoms with Gasteiger partial charge in [-0.05, 0) is 41.7 Å². The highest BCUT2D eigenvalue weighted by Crippen LogP contribution is 2.23. The lowest BCUT2D eigenvalue weighted by molar-refractivity contribution is -0.117. The molecule has 0 aromatic heterocycles. The minimum atomic E-state index is -2.87. The molecule has 1 amide bonds. The summed E-state index contributed by atoms with van der Waals surface area (Å²) in [5.74, 6) is 0.547. The van der Waals surface area contributed by atoms with Crippen molar-refractivity contribution in [2.75, 3.05) is 16.8 Å². The van der Waals surface area contributed by atoms with E-state index in [0.717, 1.165) is 16.5 Å². The lowest BCUT2D eigenvalue weighted by Gasteiger charge is -2.21. The highest BCUT2D eigenvalue weighted by Gasteiger charge is 2.25. The number of hydrogen-bond acceptors (Lipinski definition) is 3. The molecule has 1 saturated heterocycles. The summed E-state index contributed by atoms with van der Waals surface area (Å²) in [6, 6.07) is 13.8. The van der Waals surface area contributed by atoms with Gasteiger partial charge in [0, 0.05) is 12.1 Å². The SMILES string of the molecule is O=C(CC1CCS(=O)(=O)CC1)Nc1ccc2ccccc2c1. The molecule has 2 aromatic carbocycles. The van der Waals surface area contributed by atoms with Crippen LogP contribution in [0.15, 0.2) is 42.5 Å². The summed E-state index contributed by atoms with van der Waals surface area (Å²) in [4.78, 5) is 12.1. The Morgan fingerprint density at radius 1 is 1.05 bits per heavy atom. The molecule has 0 saturated carbocycles. The van der Waals surface area contributed by atoms with Gasteiger partial charge in [-0.15, -0.1) is 0 Å². The quantitative estimate of drug-likeness (QED) is 0.946. The Labute approximate surface area is 130 Å². The molecule has 0 unspecified atom stereocenters. The molecular formula is C17H19NO3S. The first-order valence-corrected chi connectivity index (χ1v) is 9.33. The van der Waals surface area contributed by atoms with Crippen LogP contribution in [-0.2, 0) is 14.6 Å². The summed E-state index contributed by atoms with van der Waals surface area (Å²) < 4.78 is 22.8. The number of carbonyl (C=O) groups excluding carboxylic acids is 1. The van der Waals surface area contributed by atoms with Crippen molar-refractivity contribution in [1.82, 2.24) is 0 Å². The third-order valence-corrected chi connectivity index (χ3v) is 5.90. The predicted molar refractivity (Wildman–Crippen MR) is 88.6 cm³/mol. The monoisotopic (exact) mass is 317 g/mol. The fourth-order valence-electron chi connectivity index (χ4n) is 2.88. The normalized spacial score (nSPS) is 18.2. The Bertz CT molecular complexity index is 784. The topological polar surface area (TPSA) is 63.2 Å². The summed E-state index contributed by atoms with van der Waals surface area (Å²) in [6.45, 7) is 0. The van der Waals surface area contributed by atoms with E-state index in [0.29, 0.717) is 19.3 Å². The first-order valence-electron chi connectivity index (χ1n) is 7.51. The van der Waals surface area contributed by atoms with Gasteiger partial charge in [-0.2, -0.15) is 0 Å². The molecule has 2 aromatic rings. The van der Waals surface area contributed by atoms with Crippen LogP contribution < -0.4 is 5.32 Å². The van der Waals surface area contributed by atoms with Crippen LogP contribution in [0.5, 0.6) is 0 Å². The Balaban J connectivity index is 1.61. The zero-order valence-corrected chi connectivity index (χ0v) is 13.1. The third-order valence-electron chi connectivity index (χ3n) is 4.18. The summed E-state index contributed by atoms with van der Waals surface area (Å²) in [7, 11) is -2.87. The highest BCUT2D eigenvalue weighted by molar-refractivity contribution is 7.91. The molecule has 4 nitrogen and oxygen atoms in total. The molecule has 1 N–H and O–H groups in total. The van der Waals surface area contributed by atoms with Gasteiger partial charge < -0.3 is 5.32 Å². The number of amides is 1. The molecule has 3 rings (SSSR count). The molecule has 0 aliphatic carbocycles. The Kier molecular flexibility index (Phi) is 4.16. The molecule has 0 atom stereocenters. The second-order valence-electron chi connectivity index (χ2n) is 5.91. The average Bonchev–Trinajstić information content (AvgIpc) is 2.49. The lowest BCUT2D eigenvalue weighted by Crippen LogP contribution is -2.26. The minimum Gasteiger partial charge on any atom is -0.326 e. The molecule has 116 valence electrons. The van der Waals surface area contributed by atoms with Crippen LogP contribution in [0, 0.1) is 5.92 Å². The first-order chi connectivity index (χ1) is 10.5. The van der Waals surface area contributed by atoms with Crippen molar-refractivity contribution in [3.05, 3.63) is 42.5 Å². The van der Waals surface area contributed by atoms with E-state index in [-0.39, 0.29) is 23.3 Å². The minimum absolute atomic E-state index is 0.0421. The number of carbonyl (C=O) groups is 1. The molecule has 0 bridgehead atoms. The number of sulfone groups is 1. The molecule has 1 fully saturated rings. The Morgan fingerprint density at radius 2 is 1.73 bits per heavy atom. The van der Waals surface area contributed by atoms with Gasteiger partial charge in [-0.3, -0.25) is 4.79 Å². The lowest BCUT2D eigenvalue weighted by atomic mass is 9.98. The van der Waals surface area contributed by atoms with E-state index in [1.54, 1.807) is 0 Å². The maximum absolute atomic E-state index is 12.1. The molecular weight excluding hydrogens is 298 g/mol. The maximum atomic E-state index is 12.1. The second-order valence-corrected chi connectivity index (χ2v) is 8.21. The van der Waals surface area contributed by atoms with Crippen molar-refractivity contribution in [3.8, 4) is 0 Å². The van der Waals surface area contributed by atoms with Crippen LogP contribution in [0.3, 0.4) is 0 Å². The summed E-state index contributed by atoms with van der Waals surface area (Å²) in [5.41, 5.74) is 0.784.